The van der Waals surface area contributed by atoms with Crippen LogP contribution in [0.5, 0.6) is 0 Å². The fourth-order valence-electron chi connectivity index (χ4n) is 1.31. The molecule has 0 radical (unpaired) electrons. The third-order valence-corrected chi connectivity index (χ3v) is 2.16. The Hall–Kier alpha value is 0.110. The largest absolute Gasteiger partial charge is 0.387 e. The highest BCUT2D eigenvalue weighted by Crippen LogP contribution is 2.20. The van der Waals surface area contributed by atoms with E-state index in [1.54, 1.807) is 0 Å². The number of amidine groups is 1. The van der Waals surface area contributed by atoms with Crippen LogP contribution in [0.25, 0.3) is 0 Å². The van der Waals surface area contributed by atoms with Crippen molar-refractivity contribution in [2.75, 3.05) is 5.75 Å². The van der Waals surface area contributed by atoms with E-state index in [0.717, 1.165) is 0 Å². The van der Waals surface area contributed by atoms with Crippen molar-refractivity contribution in [2.24, 2.45) is 10.7 Å². The molecule has 2 N–H and O–H groups in total. The number of hydrogen-bond donors (Lipinski definition) is 2. The summed E-state index contributed by atoms with van der Waals surface area (Å²) in [6.45, 7) is 0. The molecule has 0 unspecified atom stereocenters. The number of rotatable bonds is 2. The van der Waals surface area contributed by atoms with Gasteiger partial charge < -0.3 is 5.73 Å². The third kappa shape index (κ3) is 3.87. The molecule has 0 atom stereocenters. The lowest BCUT2D eigenvalue weighted by atomic mass is 10.3. The summed E-state index contributed by atoms with van der Waals surface area (Å²) < 4.78 is 0. The highest BCUT2D eigenvalue weighted by molar-refractivity contribution is 7.81. The molecule has 0 aliphatic heterocycles. The fourth-order valence-corrected chi connectivity index (χ4v) is 1.39. The van der Waals surface area contributed by atoms with Gasteiger partial charge in [0.15, 0.2) is 0 Å². The zero-order valence-corrected chi connectivity index (χ0v) is 8.20. The van der Waals surface area contributed by atoms with Crippen molar-refractivity contribution in [3.63, 3.8) is 0 Å². The molecule has 0 aromatic rings. The van der Waals surface area contributed by atoms with Crippen LogP contribution in [0.2, 0.25) is 0 Å². The van der Waals surface area contributed by atoms with Gasteiger partial charge in [-0.15, -0.1) is 12.4 Å². The Morgan fingerprint density at radius 1 is 1.45 bits per heavy atom. The van der Waals surface area contributed by atoms with E-state index in [4.69, 9.17) is 5.73 Å². The second-order valence-corrected chi connectivity index (χ2v) is 3.03. The Kier molecular flexibility index (Phi) is 5.78. The van der Waals surface area contributed by atoms with Gasteiger partial charge in [0, 0.05) is 5.75 Å². The van der Waals surface area contributed by atoms with Gasteiger partial charge in [-0.25, -0.2) is 0 Å². The molecule has 66 valence electrons. The summed E-state index contributed by atoms with van der Waals surface area (Å²) in [6, 6.07) is 0.507. The lowest BCUT2D eigenvalue weighted by Gasteiger charge is -2.02. The van der Waals surface area contributed by atoms with Crippen molar-refractivity contribution in [2.45, 2.75) is 31.7 Å². The van der Waals surface area contributed by atoms with Gasteiger partial charge in [-0.1, -0.05) is 12.8 Å². The summed E-state index contributed by atoms with van der Waals surface area (Å²) in [7, 11) is 0. The van der Waals surface area contributed by atoms with Gasteiger partial charge in [0.2, 0.25) is 0 Å². The van der Waals surface area contributed by atoms with E-state index in [-0.39, 0.29) is 12.4 Å². The maximum absolute atomic E-state index is 5.53. The first-order valence-corrected chi connectivity index (χ1v) is 4.39. The summed E-state index contributed by atoms with van der Waals surface area (Å²) in [4.78, 5) is 4.31. The summed E-state index contributed by atoms with van der Waals surface area (Å²) in [5.74, 6) is 1.28. The van der Waals surface area contributed by atoms with Gasteiger partial charge in [-0.3, -0.25) is 4.99 Å². The Balaban J connectivity index is 0.000001000. The van der Waals surface area contributed by atoms with Crippen molar-refractivity contribution in [3.8, 4) is 0 Å². The van der Waals surface area contributed by atoms with Crippen molar-refractivity contribution in [1.82, 2.24) is 0 Å². The molecule has 0 bridgehead atoms. The highest BCUT2D eigenvalue weighted by atomic mass is 35.5. The predicted molar refractivity (Wildman–Crippen MR) is 55.0 cm³/mol. The van der Waals surface area contributed by atoms with E-state index in [2.05, 4.69) is 17.6 Å². The van der Waals surface area contributed by atoms with E-state index >= 15 is 0 Å². The molecule has 0 aromatic heterocycles. The van der Waals surface area contributed by atoms with E-state index in [1.165, 1.54) is 25.7 Å². The van der Waals surface area contributed by atoms with Crippen molar-refractivity contribution in [1.29, 1.82) is 0 Å². The molecule has 1 aliphatic rings. The molecule has 1 rings (SSSR count). The molecule has 0 spiro atoms. The molecule has 2 nitrogen and oxygen atoms in total. The first kappa shape index (κ1) is 11.1. The number of nitrogens with zero attached hydrogens (tertiary/aromatic N) is 1. The highest BCUT2D eigenvalue weighted by Gasteiger charge is 2.13. The number of aliphatic imine (C=N–C) groups is 1. The molecule has 1 aliphatic carbocycles. The molecule has 1 fully saturated rings. The van der Waals surface area contributed by atoms with Crippen LogP contribution in [0.15, 0.2) is 4.99 Å². The Labute approximate surface area is 79.5 Å². The fraction of sp³-hybridized carbons (Fsp3) is 0.857. The number of halogens is 1. The van der Waals surface area contributed by atoms with Crippen molar-refractivity contribution >= 4 is 30.9 Å². The van der Waals surface area contributed by atoms with E-state index in [0.29, 0.717) is 17.6 Å². The topological polar surface area (TPSA) is 38.4 Å². The molecule has 0 aromatic carbocycles. The minimum Gasteiger partial charge on any atom is -0.387 e. The van der Waals surface area contributed by atoms with E-state index < -0.39 is 0 Å². The maximum atomic E-state index is 5.53. The van der Waals surface area contributed by atoms with Crippen LogP contribution >= 0.6 is 25.0 Å². The van der Waals surface area contributed by atoms with Crippen LogP contribution in [0.1, 0.15) is 25.7 Å². The van der Waals surface area contributed by atoms with E-state index in [1.807, 2.05) is 0 Å². The first-order valence-electron chi connectivity index (χ1n) is 3.76. The maximum Gasteiger partial charge on any atom is 0.104 e. The quantitative estimate of drug-likeness (QED) is 0.392. The smallest absolute Gasteiger partial charge is 0.104 e. The second kappa shape index (κ2) is 5.72. The SMILES string of the molecule is Cl.NC(CS)=NC1CCCC1. The lowest BCUT2D eigenvalue weighted by Crippen LogP contribution is -2.16. The van der Waals surface area contributed by atoms with Crippen LogP contribution in [0.3, 0.4) is 0 Å². The van der Waals surface area contributed by atoms with Gasteiger partial charge in [-0.05, 0) is 12.8 Å². The molecule has 0 heterocycles. The number of hydrogen-bond acceptors (Lipinski definition) is 2. The van der Waals surface area contributed by atoms with Crippen LogP contribution in [-0.2, 0) is 0 Å². The molecular weight excluding hydrogens is 180 g/mol. The molecule has 0 saturated heterocycles. The molecular formula is C7H15ClN2S. The summed E-state index contributed by atoms with van der Waals surface area (Å²) >= 11 is 4.03. The summed E-state index contributed by atoms with van der Waals surface area (Å²) in [6.07, 6.45) is 5.06. The Morgan fingerprint density at radius 3 is 2.45 bits per heavy atom. The Bertz CT molecular complexity index is 132. The number of nitrogens with two attached hydrogens (primary N) is 1. The molecule has 4 heteroatoms. The normalized spacial score (nSPS) is 19.9. The van der Waals surface area contributed by atoms with Gasteiger partial charge in [-0.2, -0.15) is 12.6 Å². The third-order valence-electron chi connectivity index (χ3n) is 1.84. The van der Waals surface area contributed by atoms with Crippen molar-refractivity contribution < 1.29 is 0 Å². The standard InChI is InChI=1S/C7H14N2S.ClH/c8-7(5-10)9-6-3-1-2-4-6;/h6,10H,1-5H2,(H2,8,9);1H. The van der Waals surface area contributed by atoms with Crippen molar-refractivity contribution in [3.05, 3.63) is 0 Å². The monoisotopic (exact) mass is 194 g/mol. The average Bonchev–Trinajstić information content (AvgIpc) is 2.40. The number of thiol groups is 1. The van der Waals surface area contributed by atoms with Gasteiger partial charge in [0.25, 0.3) is 0 Å². The molecule has 1 saturated carbocycles. The molecule has 11 heavy (non-hydrogen) atoms. The van der Waals surface area contributed by atoms with Gasteiger partial charge >= 0.3 is 0 Å². The zero-order chi connectivity index (χ0) is 7.40. The zero-order valence-electron chi connectivity index (χ0n) is 6.49. The summed E-state index contributed by atoms with van der Waals surface area (Å²) in [5, 5.41) is 0. The van der Waals surface area contributed by atoms with Crippen LogP contribution in [-0.4, -0.2) is 17.6 Å². The van der Waals surface area contributed by atoms with E-state index in [9.17, 15) is 0 Å². The second-order valence-electron chi connectivity index (χ2n) is 2.72. The average molecular weight is 195 g/mol. The summed E-state index contributed by atoms with van der Waals surface area (Å²) in [5.41, 5.74) is 5.53. The molecule has 0 amide bonds. The minimum absolute atomic E-state index is 0. The van der Waals surface area contributed by atoms with Gasteiger partial charge in [0.1, 0.15) is 5.84 Å². The first-order chi connectivity index (χ1) is 4.83. The van der Waals surface area contributed by atoms with Gasteiger partial charge in [0.05, 0.1) is 6.04 Å². The Morgan fingerprint density at radius 2 is 2.00 bits per heavy atom. The predicted octanol–water partition coefficient (Wildman–Crippen LogP) is 1.64. The minimum atomic E-state index is 0. The van der Waals surface area contributed by atoms with Crippen LogP contribution in [0, 0.1) is 0 Å². The van der Waals surface area contributed by atoms with Crippen LogP contribution in [0.4, 0.5) is 0 Å². The van der Waals surface area contributed by atoms with Crippen LogP contribution < -0.4 is 5.73 Å². The lowest BCUT2D eigenvalue weighted by molar-refractivity contribution is 0.705.